The number of amides is 2. The normalized spacial score (nSPS) is 12.1. The Labute approximate surface area is 248 Å². The maximum atomic E-state index is 14.2. The Balaban J connectivity index is 2.15. The number of aryl methyl sites for hydroxylation is 2. The summed E-state index contributed by atoms with van der Waals surface area (Å²) in [7, 11) is -2.78. The van der Waals surface area contributed by atoms with Gasteiger partial charge in [-0.25, -0.2) is 8.42 Å². The molecule has 0 fully saturated rings. The SMILES string of the molecule is CC[C@H](C(=O)NC(C)C)N(Cc1ccccc1Cl)C(=O)CN(c1cc(C)ccc1OC)S(=O)(=O)c1ccc(C)cc1. The Hall–Kier alpha value is -3.56. The summed E-state index contributed by atoms with van der Waals surface area (Å²) in [4.78, 5) is 28.9. The first-order valence-corrected chi connectivity index (χ1v) is 15.3. The number of nitrogens with zero attached hydrogens (tertiary/aromatic N) is 2. The second kappa shape index (κ2) is 13.9. The van der Waals surface area contributed by atoms with Crippen LogP contribution in [0.2, 0.25) is 5.02 Å². The number of nitrogens with one attached hydrogen (secondary N) is 1. The summed E-state index contributed by atoms with van der Waals surface area (Å²) < 4.78 is 34.8. The Morgan fingerprint density at radius 1 is 0.976 bits per heavy atom. The van der Waals surface area contributed by atoms with Crippen LogP contribution in [0.4, 0.5) is 5.69 Å². The van der Waals surface area contributed by atoms with Crippen LogP contribution in [0, 0.1) is 13.8 Å². The van der Waals surface area contributed by atoms with Gasteiger partial charge in [-0.15, -0.1) is 0 Å². The lowest BCUT2D eigenvalue weighted by atomic mass is 10.1. The molecule has 0 unspecified atom stereocenters. The molecule has 0 aliphatic rings. The monoisotopic (exact) mass is 599 g/mol. The number of benzene rings is 3. The molecule has 3 aromatic carbocycles. The summed E-state index contributed by atoms with van der Waals surface area (Å²) in [6, 6.07) is 17.6. The van der Waals surface area contributed by atoms with Gasteiger partial charge in [0.25, 0.3) is 10.0 Å². The number of halogens is 1. The van der Waals surface area contributed by atoms with Crippen molar-refractivity contribution in [1.29, 1.82) is 0 Å². The Kier molecular flexibility index (Phi) is 10.8. The molecule has 0 saturated heterocycles. The number of anilines is 1. The van der Waals surface area contributed by atoms with E-state index >= 15 is 0 Å². The standard InChI is InChI=1S/C31H38ClN3O5S/c1-7-27(31(37)33-21(2)3)34(19-24-10-8-9-11-26(24)32)30(36)20-35(28-18-23(5)14-17-29(28)40-6)41(38,39)25-15-12-22(4)13-16-25/h8-18,21,27H,7,19-20H2,1-6H3,(H,33,37)/t27-/m1/s1. The zero-order valence-electron chi connectivity index (χ0n) is 24.3. The Morgan fingerprint density at radius 2 is 1.61 bits per heavy atom. The summed E-state index contributed by atoms with van der Waals surface area (Å²) in [5.41, 5.74) is 2.54. The fourth-order valence-corrected chi connectivity index (χ4v) is 6.07. The highest BCUT2D eigenvalue weighted by Gasteiger charge is 2.35. The van der Waals surface area contributed by atoms with Crippen LogP contribution in [0.25, 0.3) is 0 Å². The minimum atomic E-state index is -4.22. The Morgan fingerprint density at radius 3 is 2.20 bits per heavy atom. The third-order valence-electron chi connectivity index (χ3n) is 6.61. The fourth-order valence-electron chi connectivity index (χ4n) is 4.46. The van der Waals surface area contributed by atoms with E-state index in [2.05, 4.69) is 5.32 Å². The minimum Gasteiger partial charge on any atom is -0.495 e. The average Bonchev–Trinajstić information content (AvgIpc) is 2.92. The summed E-state index contributed by atoms with van der Waals surface area (Å²) in [5.74, 6) is -0.597. The highest BCUT2D eigenvalue weighted by Crippen LogP contribution is 2.34. The van der Waals surface area contributed by atoms with E-state index in [1.54, 1.807) is 54.6 Å². The first kappa shape index (κ1) is 32.0. The highest BCUT2D eigenvalue weighted by atomic mass is 35.5. The molecule has 2 amide bonds. The van der Waals surface area contributed by atoms with Gasteiger partial charge >= 0.3 is 0 Å². The molecule has 0 aromatic heterocycles. The van der Waals surface area contributed by atoms with Crippen LogP contribution < -0.4 is 14.4 Å². The molecule has 0 spiro atoms. The smallest absolute Gasteiger partial charge is 0.264 e. The van der Waals surface area contributed by atoms with E-state index in [0.29, 0.717) is 22.8 Å². The van der Waals surface area contributed by atoms with Crippen molar-refractivity contribution in [3.63, 3.8) is 0 Å². The van der Waals surface area contributed by atoms with Crippen molar-refractivity contribution in [3.8, 4) is 5.75 Å². The van der Waals surface area contributed by atoms with Crippen LogP contribution in [0.15, 0.2) is 71.6 Å². The molecule has 220 valence electrons. The maximum absolute atomic E-state index is 14.2. The van der Waals surface area contributed by atoms with Gasteiger partial charge in [-0.05, 0) is 75.6 Å². The largest absolute Gasteiger partial charge is 0.495 e. The molecular weight excluding hydrogens is 562 g/mol. The first-order valence-electron chi connectivity index (χ1n) is 13.5. The van der Waals surface area contributed by atoms with E-state index in [9.17, 15) is 18.0 Å². The molecule has 3 aromatic rings. The van der Waals surface area contributed by atoms with Crippen LogP contribution in [0.1, 0.15) is 43.9 Å². The zero-order chi connectivity index (χ0) is 30.3. The molecule has 10 heteroatoms. The molecular formula is C31H38ClN3O5S. The van der Waals surface area contributed by atoms with E-state index in [-0.39, 0.29) is 29.1 Å². The van der Waals surface area contributed by atoms with E-state index in [0.717, 1.165) is 15.4 Å². The summed E-state index contributed by atoms with van der Waals surface area (Å²) >= 11 is 6.45. The topological polar surface area (TPSA) is 96.0 Å². The van der Waals surface area contributed by atoms with Gasteiger partial charge in [0, 0.05) is 17.6 Å². The molecule has 3 rings (SSSR count). The number of methoxy groups -OCH3 is 1. The molecule has 1 N–H and O–H groups in total. The quantitative estimate of drug-likeness (QED) is 0.297. The molecule has 1 atom stereocenters. The number of hydrogen-bond acceptors (Lipinski definition) is 5. The molecule has 41 heavy (non-hydrogen) atoms. The number of rotatable bonds is 12. The lowest BCUT2D eigenvalue weighted by molar-refractivity contribution is -0.140. The van der Waals surface area contributed by atoms with Crippen molar-refractivity contribution < 1.29 is 22.7 Å². The van der Waals surface area contributed by atoms with Crippen LogP contribution in [0.3, 0.4) is 0 Å². The number of carbonyl (C=O) groups is 2. The third kappa shape index (κ3) is 7.80. The summed E-state index contributed by atoms with van der Waals surface area (Å²) in [6.07, 6.45) is 0.313. The van der Waals surface area contributed by atoms with Crippen LogP contribution in [-0.4, -0.2) is 50.9 Å². The Bertz CT molecular complexity index is 1480. The van der Waals surface area contributed by atoms with Crippen molar-refractivity contribution in [2.75, 3.05) is 18.0 Å². The van der Waals surface area contributed by atoms with Gasteiger partial charge in [0.05, 0.1) is 17.7 Å². The van der Waals surface area contributed by atoms with Crippen LogP contribution in [0.5, 0.6) is 5.75 Å². The number of ether oxygens (including phenoxy) is 1. The molecule has 8 nitrogen and oxygen atoms in total. The minimum absolute atomic E-state index is 0.0197. The van der Waals surface area contributed by atoms with Crippen LogP contribution >= 0.6 is 11.6 Å². The third-order valence-corrected chi connectivity index (χ3v) is 8.75. The van der Waals surface area contributed by atoms with Crippen molar-refractivity contribution in [3.05, 3.63) is 88.4 Å². The molecule has 0 saturated carbocycles. The number of hydrogen-bond donors (Lipinski definition) is 1. The lowest BCUT2D eigenvalue weighted by Gasteiger charge is -2.34. The predicted molar refractivity (Wildman–Crippen MR) is 163 cm³/mol. The van der Waals surface area contributed by atoms with Gasteiger partial charge in [0.2, 0.25) is 11.8 Å². The number of sulfonamides is 1. The van der Waals surface area contributed by atoms with Crippen molar-refractivity contribution in [2.45, 2.75) is 64.6 Å². The fraction of sp³-hybridized carbons (Fsp3) is 0.355. The van der Waals surface area contributed by atoms with Crippen molar-refractivity contribution >= 4 is 39.1 Å². The summed E-state index contributed by atoms with van der Waals surface area (Å²) in [6.45, 7) is 8.63. The van der Waals surface area contributed by atoms with E-state index in [1.165, 1.54) is 24.1 Å². The van der Waals surface area contributed by atoms with Gasteiger partial charge in [0.15, 0.2) is 0 Å². The second-order valence-corrected chi connectivity index (χ2v) is 12.5. The van der Waals surface area contributed by atoms with Crippen molar-refractivity contribution in [2.24, 2.45) is 0 Å². The van der Waals surface area contributed by atoms with Gasteiger partial charge in [-0.2, -0.15) is 0 Å². The van der Waals surface area contributed by atoms with Crippen molar-refractivity contribution in [1.82, 2.24) is 10.2 Å². The van der Waals surface area contributed by atoms with E-state index in [1.807, 2.05) is 34.6 Å². The lowest BCUT2D eigenvalue weighted by Crippen LogP contribution is -2.53. The van der Waals surface area contributed by atoms with Gasteiger partial charge in [-0.1, -0.05) is 60.5 Å². The van der Waals surface area contributed by atoms with E-state index < -0.39 is 28.5 Å². The van der Waals surface area contributed by atoms with Gasteiger partial charge in [0.1, 0.15) is 18.3 Å². The molecule has 0 heterocycles. The molecule has 0 aliphatic carbocycles. The van der Waals surface area contributed by atoms with Gasteiger partial charge in [-0.3, -0.25) is 13.9 Å². The average molecular weight is 600 g/mol. The molecule has 0 radical (unpaired) electrons. The first-order chi connectivity index (χ1) is 19.4. The molecule has 0 bridgehead atoms. The molecule has 0 aliphatic heterocycles. The van der Waals surface area contributed by atoms with Crippen LogP contribution in [-0.2, 0) is 26.2 Å². The predicted octanol–water partition coefficient (Wildman–Crippen LogP) is 5.49. The number of carbonyl (C=O) groups excluding carboxylic acids is 2. The maximum Gasteiger partial charge on any atom is 0.264 e. The summed E-state index contributed by atoms with van der Waals surface area (Å²) in [5, 5.41) is 3.32. The highest BCUT2D eigenvalue weighted by molar-refractivity contribution is 7.92. The van der Waals surface area contributed by atoms with E-state index in [4.69, 9.17) is 16.3 Å². The zero-order valence-corrected chi connectivity index (χ0v) is 25.9. The second-order valence-electron chi connectivity index (χ2n) is 10.2. The van der Waals surface area contributed by atoms with Gasteiger partial charge < -0.3 is 15.0 Å².